The minimum atomic E-state index is -0.630. The van der Waals surface area contributed by atoms with Gasteiger partial charge in [0, 0.05) is 29.8 Å². The topological polar surface area (TPSA) is 127 Å². The number of aliphatic hydroxyl groups is 1. The molecule has 3 N–H and O–H groups in total. The fourth-order valence-electron chi connectivity index (χ4n) is 5.06. The first kappa shape index (κ1) is 28.6. The predicted octanol–water partition coefficient (Wildman–Crippen LogP) is 4.40. The number of nitrogens with one attached hydrogen (secondary N) is 1. The van der Waals surface area contributed by atoms with Crippen LogP contribution in [0.15, 0.2) is 41.4 Å². The van der Waals surface area contributed by atoms with Crippen LogP contribution in [-0.2, 0) is 14.3 Å². The molecule has 2 saturated carbocycles. The number of carbonyl (C=O) groups excluding carboxylic acids is 1. The summed E-state index contributed by atoms with van der Waals surface area (Å²) >= 11 is 0. The summed E-state index contributed by atoms with van der Waals surface area (Å²) in [6, 6.07) is 11.9. The van der Waals surface area contributed by atoms with Crippen LogP contribution in [0.25, 0.3) is 0 Å². The molecule has 0 aromatic heterocycles. The Morgan fingerprint density at radius 1 is 1.05 bits per heavy atom. The van der Waals surface area contributed by atoms with Crippen molar-refractivity contribution in [1.82, 2.24) is 0 Å². The van der Waals surface area contributed by atoms with Gasteiger partial charge in [0.05, 0.1) is 50.5 Å². The molecular formula is C30H38N2O7. The zero-order valence-corrected chi connectivity index (χ0v) is 22.8. The van der Waals surface area contributed by atoms with Crippen LogP contribution in [-0.4, -0.2) is 67.4 Å². The molecule has 0 radical (unpaired) electrons. The molecule has 1 heterocycles. The Morgan fingerprint density at radius 2 is 1.79 bits per heavy atom. The van der Waals surface area contributed by atoms with Gasteiger partial charge in [-0.3, -0.25) is 14.6 Å². The SMILES string of the molecule is CCOc1cc2c(cc1OC)C(c1ccc(NC(=O)CCOC)cc1)=NC1CCC(O)CC21.O=C(O)C1CC1. The molecule has 5 rings (SSSR count). The molecule has 210 valence electrons. The average Bonchev–Trinajstić information content (AvgIpc) is 3.78. The largest absolute Gasteiger partial charge is 0.493 e. The maximum absolute atomic E-state index is 12.0. The van der Waals surface area contributed by atoms with Crippen LogP contribution in [0.3, 0.4) is 0 Å². The summed E-state index contributed by atoms with van der Waals surface area (Å²) in [4.78, 5) is 26.9. The molecule has 1 aliphatic heterocycles. The van der Waals surface area contributed by atoms with Gasteiger partial charge >= 0.3 is 5.97 Å². The molecule has 0 bridgehead atoms. The maximum atomic E-state index is 12.0. The summed E-state index contributed by atoms with van der Waals surface area (Å²) in [5.74, 6) is 0.840. The van der Waals surface area contributed by atoms with Crippen LogP contribution >= 0.6 is 0 Å². The quantitative estimate of drug-likeness (QED) is 0.432. The van der Waals surface area contributed by atoms with E-state index in [-0.39, 0.29) is 29.9 Å². The third kappa shape index (κ3) is 7.16. The van der Waals surface area contributed by atoms with Gasteiger partial charge in [-0.15, -0.1) is 0 Å². The minimum absolute atomic E-state index is 0.0185. The molecule has 2 aromatic rings. The molecule has 1 amide bonds. The van der Waals surface area contributed by atoms with Gasteiger partial charge in [0.15, 0.2) is 11.5 Å². The van der Waals surface area contributed by atoms with E-state index in [1.807, 2.05) is 37.3 Å². The zero-order chi connectivity index (χ0) is 27.9. The average molecular weight is 539 g/mol. The Kier molecular flexibility index (Phi) is 9.59. The van der Waals surface area contributed by atoms with Gasteiger partial charge in [0.1, 0.15) is 0 Å². The Balaban J connectivity index is 0.000000519. The van der Waals surface area contributed by atoms with Crippen LogP contribution in [0, 0.1) is 5.92 Å². The van der Waals surface area contributed by atoms with Crippen LogP contribution in [0.1, 0.15) is 68.1 Å². The van der Waals surface area contributed by atoms with Crippen LogP contribution in [0.2, 0.25) is 0 Å². The smallest absolute Gasteiger partial charge is 0.306 e. The fraction of sp³-hybridized carbons (Fsp3) is 0.500. The van der Waals surface area contributed by atoms with Gasteiger partial charge in [0.2, 0.25) is 5.91 Å². The molecule has 2 fully saturated rings. The Morgan fingerprint density at radius 3 is 2.38 bits per heavy atom. The number of anilines is 1. The third-order valence-corrected chi connectivity index (χ3v) is 7.27. The van der Waals surface area contributed by atoms with E-state index in [0.29, 0.717) is 37.6 Å². The number of fused-ring (bicyclic) bond motifs is 3. The van der Waals surface area contributed by atoms with Crippen molar-refractivity contribution >= 4 is 23.3 Å². The lowest BCUT2D eigenvalue weighted by Crippen LogP contribution is -2.34. The summed E-state index contributed by atoms with van der Waals surface area (Å²) in [6.07, 6.45) is 4.10. The molecule has 9 nitrogen and oxygen atoms in total. The standard InChI is InChI=1S/C26H32N2O5.C4H6O2/c1-4-33-24-14-19-20-13-18(29)9-10-22(20)28-26(21(19)15-23(24)32-3)16-5-7-17(8-6-16)27-25(30)11-12-31-2;5-4(6)3-1-2-3/h5-8,14-15,18,20,22,29H,4,9-13H2,1-3H3,(H,27,30);3H,1-2H2,(H,5,6). The zero-order valence-electron chi connectivity index (χ0n) is 22.8. The van der Waals surface area contributed by atoms with E-state index in [1.54, 1.807) is 14.2 Å². The number of carboxylic acid groups (broad SMARTS) is 1. The van der Waals surface area contributed by atoms with Gasteiger partial charge in [-0.05, 0) is 68.9 Å². The van der Waals surface area contributed by atoms with E-state index in [9.17, 15) is 14.7 Å². The Labute approximate surface area is 229 Å². The molecule has 3 atom stereocenters. The molecule has 39 heavy (non-hydrogen) atoms. The first-order chi connectivity index (χ1) is 18.8. The molecule has 2 aliphatic carbocycles. The highest BCUT2D eigenvalue weighted by molar-refractivity contribution is 6.15. The van der Waals surface area contributed by atoms with Crippen molar-refractivity contribution < 1.29 is 34.0 Å². The van der Waals surface area contributed by atoms with Gasteiger partial charge in [-0.25, -0.2) is 0 Å². The minimum Gasteiger partial charge on any atom is -0.493 e. The van der Waals surface area contributed by atoms with Crippen LogP contribution in [0.4, 0.5) is 5.69 Å². The Bertz CT molecular complexity index is 1190. The van der Waals surface area contributed by atoms with E-state index >= 15 is 0 Å². The maximum Gasteiger partial charge on any atom is 0.306 e. The van der Waals surface area contributed by atoms with Crippen molar-refractivity contribution in [2.75, 3.05) is 32.8 Å². The number of carboxylic acids is 1. The van der Waals surface area contributed by atoms with Gasteiger partial charge < -0.3 is 29.7 Å². The van der Waals surface area contributed by atoms with Crippen molar-refractivity contribution in [3.63, 3.8) is 0 Å². The number of carbonyl (C=O) groups is 2. The first-order valence-electron chi connectivity index (χ1n) is 13.6. The summed E-state index contributed by atoms with van der Waals surface area (Å²) in [7, 11) is 3.22. The van der Waals surface area contributed by atoms with E-state index in [2.05, 4.69) is 11.4 Å². The third-order valence-electron chi connectivity index (χ3n) is 7.27. The highest BCUT2D eigenvalue weighted by atomic mass is 16.5. The van der Waals surface area contributed by atoms with Crippen molar-refractivity contribution in [1.29, 1.82) is 0 Å². The molecule has 3 unspecified atom stereocenters. The summed E-state index contributed by atoms with van der Waals surface area (Å²) in [6.45, 7) is 2.89. The first-order valence-corrected chi connectivity index (χ1v) is 13.6. The van der Waals surface area contributed by atoms with Crippen molar-refractivity contribution in [2.45, 2.75) is 63.5 Å². The second-order valence-corrected chi connectivity index (χ2v) is 10.1. The highest BCUT2D eigenvalue weighted by Crippen LogP contribution is 2.45. The Hall–Kier alpha value is -3.43. The summed E-state index contributed by atoms with van der Waals surface area (Å²) in [5.41, 5.74) is 4.76. The molecule has 2 aromatic carbocycles. The lowest BCUT2D eigenvalue weighted by Gasteiger charge is -2.37. The van der Waals surface area contributed by atoms with Crippen molar-refractivity contribution in [3.05, 3.63) is 53.1 Å². The lowest BCUT2D eigenvalue weighted by atomic mass is 9.74. The molecule has 3 aliphatic rings. The number of ether oxygens (including phenoxy) is 3. The predicted molar refractivity (Wildman–Crippen MR) is 148 cm³/mol. The van der Waals surface area contributed by atoms with Crippen LogP contribution in [0.5, 0.6) is 11.5 Å². The number of nitrogens with zero attached hydrogens (tertiary/aromatic N) is 1. The van der Waals surface area contributed by atoms with Gasteiger partial charge in [-0.1, -0.05) is 12.1 Å². The van der Waals surface area contributed by atoms with E-state index < -0.39 is 5.97 Å². The number of rotatable bonds is 9. The summed E-state index contributed by atoms with van der Waals surface area (Å²) in [5, 5.41) is 21.3. The molecular weight excluding hydrogens is 500 g/mol. The second kappa shape index (κ2) is 13.1. The van der Waals surface area contributed by atoms with Crippen molar-refractivity contribution in [2.24, 2.45) is 10.9 Å². The normalized spacial score (nSPS) is 21.3. The lowest BCUT2D eigenvalue weighted by molar-refractivity contribution is -0.138. The number of hydrogen-bond acceptors (Lipinski definition) is 7. The van der Waals surface area contributed by atoms with Crippen LogP contribution < -0.4 is 14.8 Å². The number of aliphatic hydroxyl groups excluding tert-OH is 1. The molecule has 0 saturated heterocycles. The molecule has 9 heteroatoms. The number of benzene rings is 2. The number of methoxy groups -OCH3 is 2. The number of amides is 1. The summed E-state index contributed by atoms with van der Waals surface area (Å²) < 4.78 is 16.4. The number of hydrogen-bond donors (Lipinski definition) is 3. The van der Waals surface area contributed by atoms with Crippen molar-refractivity contribution in [3.8, 4) is 11.5 Å². The van der Waals surface area contributed by atoms with E-state index in [4.69, 9.17) is 24.3 Å². The number of aliphatic imine (C=N–C) groups is 1. The highest BCUT2D eigenvalue weighted by Gasteiger charge is 2.37. The van der Waals surface area contributed by atoms with E-state index in [0.717, 1.165) is 53.8 Å². The fourth-order valence-corrected chi connectivity index (χ4v) is 5.06. The molecule has 0 spiro atoms. The van der Waals surface area contributed by atoms with E-state index in [1.165, 1.54) is 0 Å². The van der Waals surface area contributed by atoms with Gasteiger partial charge in [0.25, 0.3) is 0 Å². The monoisotopic (exact) mass is 538 g/mol. The van der Waals surface area contributed by atoms with Gasteiger partial charge in [-0.2, -0.15) is 0 Å². The number of aliphatic carboxylic acids is 1. The second-order valence-electron chi connectivity index (χ2n) is 10.1.